The predicted molar refractivity (Wildman–Crippen MR) is 72.8 cm³/mol. The third-order valence-corrected chi connectivity index (χ3v) is 4.30. The Hall–Kier alpha value is -1.18. The van der Waals surface area contributed by atoms with Crippen molar-refractivity contribution in [2.75, 3.05) is 0 Å². The van der Waals surface area contributed by atoms with E-state index in [-0.39, 0.29) is 5.56 Å². The number of hydrogen-bond donors (Lipinski definition) is 2. The lowest BCUT2D eigenvalue weighted by Gasteiger charge is -2.26. The van der Waals surface area contributed by atoms with Crippen molar-refractivity contribution in [3.63, 3.8) is 0 Å². The Labute approximate surface area is 119 Å². The fraction of sp³-hybridized carbons (Fsp3) is 0.462. The lowest BCUT2D eigenvalue weighted by Crippen LogP contribution is -2.40. The molecule has 0 heterocycles. The van der Waals surface area contributed by atoms with Gasteiger partial charge < -0.3 is 9.66 Å². The lowest BCUT2D eigenvalue weighted by atomic mass is 10.1. The summed E-state index contributed by atoms with van der Waals surface area (Å²) >= 11 is -1.41. The Morgan fingerprint density at radius 3 is 2.15 bits per heavy atom. The van der Waals surface area contributed by atoms with Crippen molar-refractivity contribution in [3.8, 4) is 0 Å². The molecular weight excluding hydrogens is 288 g/mol. The highest BCUT2D eigenvalue weighted by Gasteiger charge is 2.29. The lowest BCUT2D eigenvalue weighted by molar-refractivity contribution is 0.0686. The topological polar surface area (TPSA) is 72.4 Å². The zero-order chi connectivity index (χ0) is 15.7. The van der Waals surface area contributed by atoms with Gasteiger partial charge >= 0.3 is 5.97 Å². The van der Waals surface area contributed by atoms with Crippen LogP contribution >= 0.6 is 0 Å². The monoisotopic (exact) mass is 305 g/mol. The van der Waals surface area contributed by atoms with Gasteiger partial charge in [0, 0.05) is 11.4 Å². The predicted octanol–water partition coefficient (Wildman–Crippen LogP) is 2.78. The molecule has 4 nitrogen and oxygen atoms in total. The number of halogens is 2. The molecule has 0 aliphatic heterocycles. The van der Waals surface area contributed by atoms with Gasteiger partial charge in [-0.3, -0.25) is 0 Å². The average molecular weight is 305 g/mol. The minimum Gasteiger partial charge on any atom is -0.598 e. The van der Waals surface area contributed by atoms with Crippen LogP contribution in [0.4, 0.5) is 8.78 Å². The van der Waals surface area contributed by atoms with Crippen LogP contribution in [0.3, 0.4) is 0 Å². The first-order chi connectivity index (χ1) is 9.04. The van der Waals surface area contributed by atoms with Crippen molar-refractivity contribution in [2.24, 2.45) is 0 Å². The van der Waals surface area contributed by atoms with E-state index in [1.807, 2.05) is 0 Å². The SMILES string of the molecule is CC(N[S@+]([O-])C(C)(C)C)c1cc(F)c(C(=O)O)c(F)c1. The number of benzene rings is 1. The van der Waals surface area contributed by atoms with E-state index < -0.39 is 45.3 Å². The molecule has 0 saturated carbocycles. The van der Waals surface area contributed by atoms with Crippen molar-refractivity contribution < 1.29 is 23.2 Å². The summed E-state index contributed by atoms with van der Waals surface area (Å²) in [6, 6.07) is 1.29. The summed E-state index contributed by atoms with van der Waals surface area (Å²) < 4.78 is 41.3. The van der Waals surface area contributed by atoms with Gasteiger partial charge in [-0.25, -0.2) is 13.6 Å². The maximum absolute atomic E-state index is 13.6. The number of carboxylic acids is 1. The first kappa shape index (κ1) is 16.9. The molecule has 0 aromatic heterocycles. The largest absolute Gasteiger partial charge is 0.598 e. The third-order valence-electron chi connectivity index (χ3n) is 2.62. The summed E-state index contributed by atoms with van der Waals surface area (Å²) in [6.07, 6.45) is 0. The molecule has 2 atom stereocenters. The number of aromatic carboxylic acids is 1. The summed E-state index contributed by atoms with van der Waals surface area (Å²) in [5, 5.41) is 8.68. The molecule has 2 N–H and O–H groups in total. The molecule has 0 fully saturated rings. The standard InChI is InChI=1S/C13H17F2NO3S/c1-7(16-20(19)13(2,3)4)8-5-9(14)11(12(17)18)10(15)6-8/h5-7,16H,1-4H3,(H,17,18)/t7?,20-/m1/s1. The van der Waals surface area contributed by atoms with E-state index in [0.29, 0.717) is 0 Å². The second kappa shape index (κ2) is 6.07. The maximum Gasteiger partial charge on any atom is 0.341 e. The number of nitrogens with one attached hydrogen (secondary N) is 1. The van der Waals surface area contributed by atoms with Crippen LogP contribution in [0.5, 0.6) is 0 Å². The summed E-state index contributed by atoms with van der Waals surface area (Å²) in [7, 11) is 0. The average Bonchev–Trinajstić information content (AvgIpc) is 2.25. The van der Waals surface area contributed by atoms with Gasteiger partial charge in [-0.2, -0.15) is 0 Å². The van der Waals surface area contributed by atoms with Crippen LogP contribution in [-0.2, 0) is 11.4 Å². The summed E-state index contributed by atoms with van der Waals surface area (Å²) in [5.74, 6) is -3.96. The maximum atomic E-state index is 13.6. The molecule has 1 unspecified atom stereocenters. The third kappa shape index (κ3) is 3.91. The van der Waals surface area contributed by atoms with Crippen molar-refractivity contribution in [2.45, 2.75) is 38.5 Å². The van der Waals surface area contributed by atoms with E-state index in [1.165, 1.54) is 0 Å². The van der Waals surface area contributed by atoms with E-state index >= 15 is 0 Å². The first-order valence-electron chi connectivity index (χ1n) is 5.94. The van der Waals surface area contributed by atoms with Gasteiger partial charge in [0.25, 0.3) is 0 Å². The second-order valence-electron chi connectivity index (χ2n) is 5.39. The van der Waals surface area contributed by atoms with Crippen molar-refractivity contribution in [1.82, 2.24) is 4.72 Å². The molecule has 1 aromatic carbocycles. The van der Waals surface area contributed by atoms with E-state index in [4.69, 9.17) is 5.11 Å². The van der Waals surface area contributed by atoms with Crippen molar-refractivity contribution in [3.05, 3.63) is 34.9 Å². The molecule has 1 rings (SSSR count). The molecule has 0 aliphatic rings. The molecule has 1 aromatic rings. The van der Waals surface area contributed by atoms with E-state index in [0.717, 1.165) is 12.1 Å². The summed E-state index contributed by atoms with van der Waals surface area (Å²) in [4.78, 5) is 10.7. The molecule has 112 valence electrons. The van der Waals surface area contributed by atoms with Gasteiger partial charge in [0.2, 0.25) is 0 Å². The number of carbonyl (C=O) groups is 1. The number of hydrogen-bond acceptors (Lipinski definition) is 3. The van der Waals surface area contributed by atoms with Crippen LogP contribution in [-0.4, -0.2) is 20.4 Å². The molecule has 20 heavy (non-hydrogen) atoms. The summed E-state index contributed by atoms with van der Waals surface area (Å²) in [6.45, 7) is 6.88. The highest BCUT2D eigenvalue weighted by atomic mass is 32.2. The Morgan fingerprint density at radius 1 is 1.35 bits per heavy atom. The molecule has 0 aliphatic carbocycles. The van der Waals surface area contributed by atoms with Gasteiger partial charge in [0.15, 0.2) is 0 Å². The zero-order valence-electron chi connectivity index (χ0n) is 11.7. The molecular formula is C13H17F2NO3S. The van der Waals surface area contributed by atoms with Crippen LogP contribution < -0.4 is 4.72 Å². The van der Waals surface area contributed by atoms with Crippen LogP contribution in [0.1, 0.15) is 49.7 Å². The Kier molecular flexibility index (Phi) is 5.12. The molecule has 0 spiro atoms. The van der Waals surface area contributed by atoms with Crippen LogP contribution in [0.2, 0.25) is 0 Å². The number of rotatable bonds is 4. The van der Waals surface area contributed by atoms with Gasteiger partial charge in [-0.1, -0.05) is 0 Å². The van der Waals surface area contributed by atoms with Crippen LogP contribution in [0.15, 0.2) is 12.1 Å². The van der Waals surface area contributed by atoms with Crippen molar-refractivity contribution >= 4 is 17.3 Å². The van der Waals surface area contributed by atoms with Gasteiger partial charge in [0.05, 0.1) is 6.04 Å². The number of carboxylic acid groups (broad SMARTS) is 1. The molecule has 7 heteroatoms. The fourth-order valence-electron chi connectivity index (χ4n) is 1.45. The van der Waals surface area contributed by atoms with Crippen molar-refractivity contribution in [1.29, 1.82) is 0 Å². The fourth-order valence-corrected chi connectivity index (χ4v) is 2.26. The van der Waals surface area contributed by atoms with Crippen LogP contribution in [0, 0.1) is 11.6 Å². The first-order valence-corrected chi connectivity index (χ1v) is 7.09. The Bertz CT molecular complexity index is 494. The molecule has 0 saturated heterocycles. The second-order valence-corrected chi connectivity index (χ2v) is 7.38. The van der Waals surface area contributed by atoms with Gasteiger partial charge in [0.1, 0.15) is 21.9 Å². The molecule has 0 amide bonds. The minimum atomic E-state index is -1.66. The highest BCUT2D eigenvalue weighted by Crippen LogP contribution is 2.23. The highest BCUT2D eigenvalue weighted by molar-refractivity contribution is 7.90. The normalized spacial score (nSPS) is 14.9. The minimum absolute atomic E-state index is 0.197. The Morgan fingerprint density at radius 2 is 1.80 bits per heavy atom. The molecule has 0 bridgehead atoms. The van der Waals surface area contributed by atoms with E-state index in [1.54, 1.807) is 27.7 Å². The quantitative estimate of drug-likeness (QED) is 0.839. The van der Waals surface area contributed by atoms with E-state index in [9.17, 15) is 18.1 Å². The zero-order valence-corrected chi connectivity index (χ0v) is 12.5. The van der Waals surface area contributed by atoms with E-state index in [2.05, 4.69) is 4.72 Å². The van der Waals surface area contributed by atoms with Crippen LogP contribution in [0.25, 0.3) is 0 Å². The smallest absolute Gasteiger partial charge is 0.341 e. The summed E-state index contributed by atoms with van der Waals surface area (Å²) in [5.41, 5.74) is -0.791. The Balaban J connectivity index is 3.01. The van der Waals surface area contributed by atoms with Gasteiger partial charge in [-0.05, 0) is 45.4 Å². The molecule has 0 radical (unpaired) electrons. The van der Waals surface area contributed by atoms with Gasteiger partial charge in [-0.15, -0.1) is 4.72 Å².